The fraction of sp³-hybridized carbons (Fsp3) is 0.222. The Balaban J connectivity index is 1.69. The Morgan fingerprint density at radius 2 is 1.70 bits per heavy atom. The van der Waals surface area contributed by atoms with Crippen molar-refractivity contribution in [2.75, 3.05) is 11.9 Å². The molecule has 2 aromatic rings. The summed E-state index contributed by atoms with van der Waals surface area (Å²) in [5.74, 6) is 0.687. The van der Waals surface area contributed by atoms with E-state index in [0.717, 1.165) is 10.2 Å². The first-order chi connectivity index (χ1) is 11.0. The monoisotopic (exact) mass is 375 g/mol. The summed E-state index contributed by atoms with van der Waals surface area (Å²) in [5.41, 5.74) is 1.44. The van der Waals surface area contributed by atoms with Gasteiger partial charge in [0.2, 0.25) is 5.91 Å². The third-order valence-corrected chi connectivity index (χ3v) is 3.73. The summed E-state index contributed by atoms with van der Waals surface area (Å²) in [6.07, 6.45) is 1.01. The molecule has 2 rings (SSSR count). The number of hydrogen-bond donors (Lipinski definition) is 1. The minimum atomic E-state index is -0.0390. The van der Waals surface area contributed by atoms with Crippen molar-refractivity contribution in [1.82, 2.24) is 0 Å². The van der Waals surface area contributed by atoms with E-state index in [2.05, 4.69) is 21.2 Å². The van der Waals surface area contributed by atoms with E-state index in [1.54, 1.807) is 24.3 Å². The third kappa shape index (κ3) is 5.87. The van der Waals surface area contributed by atoms with Crippen LogP contribution in [0, 0.1) is 0 Å². The van der Waals surface area contributed by atoms with Crippen molar-refractivity contribution >= 4 is 33.3 Å². The Hall–Kier alpha value is -2.14. The second kappa shape index (κ2) is 8.48. The number of benzene rings is 2. The molecule has 5 heteroatoms. The van der Waals surface area contributed by atoms with Gasteiger partial charge in [-0.3, -0.25) is 9.59 Å². The fourth-order valence-electron chi connectivity index (χ4n) is 1.97. The van der Waals surface area contributed by atoms with Crippen LogP contribution in [0.3, 0.4) is 0 Å². The Bertz CT molecular complexity index is 666. The minimum absolute atomic E-state index is 0.0289. The molecule has 0 aromatic heterocycles. The number of ketones is 1. The number of Topliss-reactive ketones (excluding diaryl/α,β-unsaturated/α-hetero) is 1. The van der Waals surface area contributed by atoms with Crippen molar-refractivity contribution < 1.29 is 14.3 Å². The highest BCUT2D eigenvalue weighted by Crippen LogP contribution is 2.15. The predicted octanol–water partition coefficient (Wildman–Crippen LogP) is 4.45. The van der Waals surface area contributed by atoms with Crippen LogP contribution >= 0.6 is 15.9 Å². The van der Waals surface area contributed by atoms with Gasteiger partial charge in [-0.25, -0.2) is 0 Å². The Morgan fingerprint density at radius 1 is 1.04 bits per heavy atom. The van der Waals surface area contributed by atoms with Crippen LogP contribution in [-0.2, 0) is 4.79 Å². The van der Waals surface area contributed by atoms with E-state index in [9.17, 15) is 9.59 Å². The lowest BCUT2D eigenvalue weighted by molar-refractivity contribution is -0.116. The van der Waals surface area contributed by atoms with E-state index in [4.69, 9.17) is 4.74 Å². The number of amides is 1. The van der Waals surface area contributed by atoms with Crippen LogP contribution in [-0.4, -0.2) is 18.3 Å². The van der Waals surface area contributed by atoms with E-state index in [-0.39, 0.29) is 11.7 Å². The zero-order chi connectivity index (χ0) is 16.7. The smallest absolute Gasteiger partial charge is 0.224 e. The van der Waals surface area contributed by atoms with Gasteiger partial charge in [0.05, 0.1) is 6.61 Å². The summed E-state index contributed by atoms with van der Waals surface area (Å²) < 4.78 is 6.53. The molecule has 0 aliphatic carbocycles. The van der Waals surface area contributed by atoms with Crippen molar-refractivity contribution in [2.24, 2.45) is 0 Å². The van der Waals surface area contributed by atoms with Crippen LogP contribution in [0.15, 0.2) is 53.0 Å². The van der Waals surface area contributed by atoms with Crippen LogP contribution in [0.4, 0.5) is 5.69 Å². The van der Waals surface area contributed by atoms with E-state index in [0.29, 0.717) is 30.8 Å². The lowest BCUT2D eigenvalue weighted by Crippen LogP contribution is -2.12. The molecule has 4 nitrogen and oxygen atoms in total. The topological polar surface area (TPSA) is 55.4 Å². The van der Waals surface area contributed by atoms with E-state index in [1.165, 1.54) is 6.92 Å². The highest BCUT2D eigenvalue weighted by Gasteiger charge is 2.03. The van der Waals surface area contributed by atoms with Gasteiger partial charge in [-0.1, -0.05) is 15.9 Å². The number of halogens is 1. The summed E-state index contributed by atoms with van der Waals surface area (Å²) in [4.78, 5) is 23.0. The summed E-state index contributed by atoms with van der Waals surface area (Å²) in [7, 11) is 0. The number of hydrogen-bond acceptors (Lipinski definition) is 3. The number of nitrogens with one attached hydrogen (secondary N) is 1. The largest absolute Gasteiger partial charge is 0.494 e. The molecule has 0 unspecified atom stereocenters. The summed E-state index contributed by atoms with van der Waals surface area (Å²) in [5, 5.41) is 2.83. The second-order valence-corrected chi connectivity index (χ2v) is 6.00. The normalized spacial score (nSPS) is 10.2. The lowest BCUT2D eigenvalue weighted by atomic mass is 10.1. The van der Waals surface area contributed by atoms with Crippen LogP contribution in [0.1, 0.15) is 30.1 Å². The summed E-state index contributed by atoms with van der Waals surface area (Å²) >= 11 is 3.35. The average molecular weight is 376 g/mol. The maximum absolute atomic E-state index is 11.8. The summed E-state index contributed by atoms with van der Waals surface area (Å²) in [6.45, 7) is 1.98. The molecule has 120 valence electrons. The first-order valence-electron chi connectivity index (χ1n) is 7.34. The predicted molar refractivity (Wildman–Crippen MR) is 93.9 cm³/mol. The van der Waals surface area contributed by atoms with Gasteiger partial charge < -0.3 is 10.1 Å². The molecule has 23 heavy (non-hydrogen) atoms. The molecule has 1 amide bonds. The number of carbonyl (C=O) groups is 2. The highest BCUT2D eigenvalue weighted by molar-refractivity contribution is 9.10. The highest BCUT2D eigenvalue weighted by atomic mass is 79.9. The number of rotatable bonds is 7. The molecule has 0 spiro atoms. The summed E-state index contributed by atoms with van der Waals surface area (Å²) in [6, 6.07) is 14.4. The molecule has 0 heterocycles. The van der Waals surface area contributed by atoms with Gasteiger partial charge in [0.15, 0.2) is 5.78 Å². The number of ether oxygens (including phenoxy) is 1. The molecule has 1 N–H and O–H groups in total. The van der Waals surface area contributed by atoms with Gasteiger partial charge in [-0.2, -0.15) is 0 Å². The van der Waals surface area contributed by atoms with Gasteiger partial charge in [-0.05, 0) is 61.9 Å². The molecule has 0 saturated heterocycles. The van der Waals surface area contributed by atoms with Crippen molar-refractivity contribution in [3.63, 3.8) is 0 Å². The Labute approximate surface area is 144 Å². The molecule has 0 radical (unpaired) electrons. The molecule has 0 saturated carbocycles. The van der Waals surface area contributed by atoms with Gasteiger partial charge in [0.25, 0.3) is 0 Å². The lowest BCUT2D eigenvalue weighted by Gasteiger charge is -2.07. The molecule has 2 aromatic carbocycles. The molecule has 0 aliphatic heterocycles. The fourth-order valence-corrected chi connectivity index (χ4v) is 2.23. The van der Waals surface area contributed by atoms with Crippen LogP contribution in [0.25, 0.3) is 0 Å². The zero-order valence-corrected chi connectivity index (χ0v) is 14.4. The van der Waals surface area contributed by atoms with Crippen LogP contribution in [0.5, 0.6) is 5.75 Å². The van der Waals surface area contributed by atoms with Crippen LogP contribution < -0.4 is 10.1 Å². The average Bonchev–Trinajstić information content (AvgIpc) is 2.54. The zero-order valence-electron chi connectivity index (χ0n) is 12.8. The Kier molecular flexibility index (Phi) is 6.35. The first kappa shape index (κ1) is 17.2. The molecule has 0 atom stereocenters. The van der Waals surface area contributed by atoms with Gasteiger partial charge in [-0.15, -0.1) is 0 Å². The van der Waals surface area contributed by atoms with Crippen molar-refractivity contribution in [3.8, 4) is 5.75 Å². The molecular weight excluding hydrogens is 358 g/mol. The molecule has 0 fully saturated rings. The van der Waals surface area contributed by atoms with Gasteiger partial charge in [0, 0.05) is 22.1 Å². The quantitative estimate of drug-likeness (QED) is 0.574. The van der Waals surface area contributed by atoms with Crippen molar-refractivity contribution in [1.29, 1.82) is 0 Å². The Morgan fingerprint density at radius 3 is 2.30 bits per heavy atom. The SMILES string of the molecule is CC(=O)c1ccc(OCCCC(=O)Nc2ccc(Br)cc2)cc1. The minimum Gasteiger partial charge on any atom is -0.494 e. The third-order valence-electron chi connectivity index (χ3n) is 3.21. The number of carbonyl (C=O) groups excluding carboxylic acids is 2. The van der Waals surface area contributed by atoms with Gasteiger partial charge in [0.1, 0.15) is 5.75 Å². The molecular formula is C18H18BrNO3. The maximum Gasteiger partial charge on any atom is 0.224 e. The first-order valence-corrected chi connectivity index (χ1v) is 8.13. The number of anilines is 1. The van der Waals surface area contributed by atoms with Crippen molar-refractivity contribution in [2.45, 2.75) is 19.8 Å². The second-order valence-electron chi connectivity index (χ2n) is 5.09. The van der Waals surface area contributed by atoms with Crippen LogP contribution in [0.2, 0.25) is 0 Å². The van der Waals surface area contributed by atoms with Crippen molar-refractivity contribution in [3.05, 3.63) is 58.6 Å². The van der Waals surface area contributed by atoms with E-state index in [1.807, 2.05) is 24.3 Å². The maximum atomic E-state index is 11.8. The van der Waals surface area contributed by atoms with E-state index < -0.39 is 0 Å². The standard InChI is InChI=1S/C18H18BrNO3/c1-13(21)14-4-10-17(11-5-14)23-12-2-3-18(22)20-16-8-6-15(19)7-9-16/h4-11H,2-3,12H2,1H3,(H,20,22). The van der Waals surface area contributed by atoms with Gasteiger partial charge >= 0.3 is 0 Å². The molecule has 0 bridgehead atoms. The van der Waals surface area contributed by atoms with E-state index >= 15 is 0 Å². The molecule has 0 aliphatic rings.